The lowest BCUT2D eigenvalue weighted by Gasteiger charge is -2.27. The summed E-state index contributed by atoms with van der Waals surface area (Å²) in [5, 5.41) is 4.81. The number of aromatic nitrogens is 1. The average molecular weight is 490 g/mol. The van der Waals surface area contributed by atoms with E-state index in [0.717, 1.165) is 27.1 Å². The van der Waals surface area contributed by atoms with E-state index in [-0.39, 0.29) is 12.1 Å². The number of thiocarbonyl (C=S) groups is 1. The van der Waals surface area contributed by atoms with Crippen molar-refractivity contribution in [1.82, 2.24) is 10.3 Å². The van der Waals surface area contributed by atoms with Crippen LogP contribution < -0.4 is 19.7 Å². The summed E-state index contributed by atoms with van der Waals surface area (Å²) in [6.45, 7) is 0. The molecule has 1 aliphatic rings. The van der Waals surface area contributed by atoms with Crippen molar-refractivity contribution in [3.63, 3.8) is 0 Å². The Morgan fingerprint density at radius 3 is 2.53 bits per heavy atom. The molecule has 1 saturated heterocycles. The number of rotatable bonds is 7. The molecule has 0 aliphatic carbocycles. The quantitative estimate of drug-likeness (QED) is 0.316. The molecule has 8 heteroatoms. The highest BCUT2D eigenvalue weighted by atomic mass is 32.2. The lowest BCUT2D eigenvalue weighted by Crippen LogP contribution is -2.29. The standard InChI is InChI=1S/C26H23N3O3S2/c1-30-17-11-12-21(31-2)20(16-17)29-25(24(28-26(29)33)19-10-6-7-15-27-19)22-13-14-23(32-22)34-18-8-4-3-5-9-18/h3-16,24-25H,1-2H3,(H,28,33)/t24-,25-/m1/s1. The molecule has 0 unspecified atom stereocenters. The SMILES string of the molecule is COc1ccc(OC)c(N2C(=S)N[C@H](c3ccccn3)[C@H]2c2ccc(Sc3ccccc3)o2)c1. The fourth-order valence-corrected chi connectivity index (χ4v) is 5.18. The Kier molecular flexibility index (Phi) is 6.42. The minimum absolute atomic E-state index is 0.217. The van der Waals surface area contributed by atoms with E-state index in [1.165, 1.54) is 0 Å². The first-order chi connectivity index (χ1) is 16.7. The van der Waals surface area contributed by atoms with E-state index in [9.17, 15) is 0 Å². The molecule has 5 rings (SSSR count). The Bertz CT molecular complexity index is 1280. The highest BCUT2D eigenvalue weighted by molar-refractivity contribution is 7.99. The van der Waals surface area contributed by atoms with Gasteiger partial charge in [-0.25, -0.2) is 0 Å². The van der Waals surface area contributed by atoms with Crippen molar-refractivity contribution < 1.29 is 13.9 Å². The molecule has 0 spiro atoms. The van der Waals surface area contributed by atoms with Gasteiger partial charge in [0.25, 0.3) is 0 Å². The van der Waals surface area contributed by atoms with E-state index in [1.54, 1.807) is 32.2 Å². The van der Waals surface area contributed by atoms with E-state index < -0.39 is 0 Å². The minimum Gasteiger partial charge on any atom is -0.497 e. The first kappa shape index (κ1) is 22.3. The summed E-state index contributed by atoms with van der Waals surface area (Å²) in [6.07, 6.45) is 1.78. The molecule has 172 valence electrons. The van der Waals surface area contributed by atoms with Crippen molar-refractivity contribution in [2.45, 2.75) is 22.1 Å². The predicted octanol–water partition coefficient (Wildman–Crippen LogP) is 6.02. The number of pyridine rings is 1. The van der Waals surface area contributed by atoms with Gasteiger partial charge in [-0.15, -0.1) is 0 Å². The Morgan fingerprint density at radius 2 is 1.79 bits per heavy atom. The van der Waals surface area contributed by atoms with Gasteiger partial charge in [0.05, 0.1) is 31.6 Å². The summed E-state index contributed by atoms with van der Waals surface area (Å²) in [7, 11) is 3.28. The summed E-state index contributed by atoms with van der Waals surface area (Å²) < 4.78 is 17.5. The van der Waals surface area contributed by atoms with Gasteiger partial charge in [0, 0.05) is 17.2 Å². The number of nitrogens with one attached hydrogen (secondary N) is 1. The molecule has 3 heterocycles. The van der Waals surface area contributed by atoms with Gasteiger partial charge in [-0.05, 0) is 60.7 Å². The van der Waals surface area contributed by atoms with Gasteiger partial charge in [0.2, 0.25) is 0 Å². The van der Waals surface area contributed by atoms with Crippen LogP contribution in [0.2, 0.25) is 0 Å². The zero-order valence-corrected chi connectivity index (χ0v) is 20.3. The molecule has 34 heavy (non-hydrogen) atoms. The van der Waals surface area contributed by atoms with Gasteiger partial charge in [0.1, 0.15) is 23.3 Å². The van der Waals surface area contributed by atoms with E-state index in [1.807, 2.05) is 71.6 Å². The highest BCUT2D eigenvalue weighted by Gasteiger charge is 2.43. The maximum Gasteiger partial charge on any atom is 0.174 e. The minimum atomic E-state index is -0.284. The average Bonchev–Trinajstić information content (AvgIpc) is 3.48. The number of hydrogen-bond donors (Lipinski definition) is 1. The molecule has 4 aromatic rings. The number of methoxy groups -OCH3 is 2. The van der Waals surface area contributed by atoms with Crippen LogP contribution in [0.5, 0.6) is 11.5 Å². The molecule has 1 N–H and O–H groups in total. The molecule has 0 amide bonds. The van der Waals surface area contributed by atoms with Crippen molar-refractivity contribution in [2.75, 3.05) is 19.1 Å². The van der Waals surface area contributed by atoms with Gasteiger partial charge in [-0.3, -0.25) is 4.98 Å². The topological polar surface area (TPSA) is 59.8 Å². The molecule has 1 fully saturated rings. The van der Waals surface area contributed by atoms with Crippen molar-refractivity contribution in [3.05, 3.63) is 96.5 Å². The van der Waals surface area contributed by atoms with Crippen molar-refractivity contribution >= 4 is 34.8 Å². The number of furan rings is 1. The predicted molar refractivity (Wildman–Crippen MR) is 137 cm³/mol. The van der Waals surface area contributed by atoms with Crippen LogP contribution in [0.25, 0.3) is 0 Å². The van der Waals surface area contributed by atoms with Gasteiger partial charge in [-0.1, -0.05) is 36.0 Å². The number of nitrogens with zero attached hydrogens (tertiary/aromatic N) is 2. The maximum absolute atomic E-state index is 6.38. The number of anilines is 1. The van der Waals surface area contributed by atoms with E-state index in [2.05, 4.69) is 22.4 Å². The van der Waals surface area contributed by atoms with Gasteiger partial charge >= 0.3 is 0 Å². The summed E-state index contributed by atoms with van der Waals surface area (Å²) in [5.41, 5.74) is 1.66. The molecule has 0 radical (unpaired) electrons. The van der Waals surface area contributed by atoms with Crippen LogP contribution in [0.15, 0.2) is 99.5 Å². The van der Waals surface area contributed by atoms with Crippen LogP contribution in [0, 0.1) is 0 Å². The van der Waals surface area contributed by atoms with Gasteiger partial charge < -0.3 is 24.1 Å². The second kappa shape index (κ2) is 9.79. The highest BCUT2D eigenvalue weighted by Crippen LogP contribution is 2.46. The van der Waals surface area contributed by atoms with Crippen molar-refractivity contribution in [3.8, 4) is 11.5 Å². The zero-order chi connectivity index (χ0) is 23.5. The molecular formula is C26H23N3O3S2. The van der Waals surface area contributed by atoms with Crippen molar-refractivity contribution in [2.24, 2.45) is 0 Å². The lowest BCUT2D eigenvalue weighted by atomic mass is 10.0. The van der Waals surface area contributed by atoms with E-state index in [4.69, 9.17) is 26.1 Å². The fraction of sp³-hybridized carbons (Fsp3) is 0.154. The third kappa shape index (κ3) is 4.34. The Morgan fingerprint density at radius 1 is 0.971 bits per heavy atom. The smallest absolute Gasteiger partial charge is 0.174 e. The second-order valence-corrected chi connectivity index (χ2v) is 9.07. The van der Waals surface area contributed by atoms with Crippen LogP contribution in [-0.4, -0.2) is 24.3 Å². The zero-order valence-electron chi connectivity index (χ0n) is 18.7. The Labute approximate surface area is 207 Å². The van der Waals surface area contributed by atoms with Crippen LogP contribution in [0.1, 0.15) is 23.5 Å². The Hall–Kier alpha value is -3.49. The molecular weight excluding hydrogens is 466 g/mol. The molecule has 2 aromatic heterocycles. The van der Waals surface area contributed by atoms with E-state index in [0.29, 0.717) is 16.6 Å². The number of ether oxygens (including phenoxy) is 2. The van der Waals surface area contributed by atoms with Crippen LogP contribution >= 0.6 is 24.0 Å². The van der Waals surface area contributed by atoms with Gasteiger partial charge in [0.15, 0.2) is 10.2 Å². The van der Waals surface area contributed by atoms with Gasteiger partial charge in [-0.2, -0.15) is 0 Å². The van der Waals surface area contributed by atoms with Crippen LogP contribution in [-0.2, 0) is 0 Å². The number of benzene rings is 2. The van der Waals surface area contributed by atoms with Crippen molar-refractivity contribution in [1.29, 1.82) is 0 Å². The first-order valence-corrected chi connectivity index (χ1v) is 12.0. The third-order valence-corrected chi connectivity index (χ3v) is 6.84. The first-order valence-electron chi connectivity index (χ1n) is 10.7. The molecule has 0 bridgehead atoms. The molecule has 2 aromatic carbocycles. The summed E-state index contributed by atoms with van der Waals surface area (Å²) in [5.74, 6) is 2.16. The second-order valence-electron chi connectivity index (χ2n) is 7.61. The third-order valence-electron chi connectivity index (χ3n) is 5.60. The summed E-state index contributed by atoms with van der Waals surface area (Å²) in [4.78, 5) is 7.73. The largest absolute Gasteiger partial charge is 0.497 e. The monoisotopic (exact) mass is 489 g/mol. The van der Waals surface area contributed by atoms with E-state index >= 15 is 0 Å². The molecule has 6 nitrogen and oxygen atoms in total. The molecule has 2 atom stereocenters. The van der Waals surface area contributed by atoms with Crippen LogP contribution in [0.4, 0.5) is 5.69 Å². The number of hydrogen-bond acceptors (Lipinski definition) is 6. The summed E-state index contributed by atoms with van der Waals surface area (Å²) in [6, 6.07) is 25.2. The fourth-order valence-electron chi connectivity index (χ4n) is 4.04. The molecule has 0 saturated carbocycles. The lowest BCUT2D eigenvalue weighted by molar-refractivity contribution is 0.379. The Balaban J connectivity index is 1.58. The summed E-state index contributed by atoms with van der Waals surface area (Å²) >= 11 is 7.40. The van der Waals surface area contributed by atoms with Crippen LogP contribution in [0.3, 0.4) is 0 Å². The maximum atomic E-state index is 6.38. The normalized spacial score (nSPS) is 17.5. The molecule has 1 aliphatic heterocycles.